The van der Waals surface area contributed by atoms with Crippen molar-refractivity contribution in [1.29, 1.82) is 0 Å². The van der Waals surface area contributed by atoms with Crippen LogP contribution in [-0.4, -0.2) is 6.04 Å². The maximum Gasteiger partial charge on any atom is 0.154 e. The second-order valence-electron chi connectivity index (χ2n) is 5.17. The van der Waals surface area contributed by atoms with Gasteiger partial charge in [0.1, 0.15) is 17.1 Å². The fourth-order valence-electron chi connectivity index (χ4n) is 2.57. The molecule has 2 N–H and O–H groups in total. The van der Waals surface area contributed by atoms with E-state index in [0.29, 0.717) is 5.02 Å². The zero-order valence-corrected chi connectivity index (χ0v) is 12.0. The lowest BCUT2D eigenvalue weighted by molar-refractivity contribution is 0.570. The van der Waals surface area contributed by atoms with Gasteiger partial charge in [-0.3, -0.25) is 0 Å². The van der Waals surface area contributed by atoms with E-state index in [-0.39, 0.29) is 6.04 Å². The van der Waals surface area contributed by atoms with Gasteiger partial charge < -0.3 is 14.6 Å². The monoisotopic (exact) mass is 277 g/mol. The molecule has 100 valence electrons. The highest BCUT2D eigenvalue weighted by Crippen LogP contribution is 2.39. The summed E-state index contributed by atoms with van der Waals surface area (Å²) in [6, 6.07) is 3.99. The van der Waals surface area contributed by atoms with Gasteiger partial charge in [-0.25, -0.2) is 0 Å². The third-order valence-electron chi connectivity index (χ3n) is 3.27. The predicted molar refractivity (Wildman–Crippen MR) is 77.8 cm³/mol. The van der Waals surface area contributed by atoms with Crippen LogP contribution in [0.2, 0.25) is 5.02 Å². The summed E-state index contributed by atoms with van der Waals surface area (Å²) in [5, 5.41) is 2.52. The maximum absolute atomic E-state index is 6.42. The minimum absolute atomic E-state index is 0.0492. The summed E-state index contributed by atoms with van der Waals surface area (Å²) in [5.41, 5.74) is 8.58. The topological polar surface area (TPSA) is 52.3 Å². The Morgan fingerprint density at radius 3 is 2.32 bits per heavy atom. The van der Waals surface area contributed by atoms with Crippen LogP contribution in [0.15, 0.2) is 21.0 Å². The third-order valence-corrected chi connectivity index (χ3v) is 3.65. The fourth-order valence-corrected chi connectivity index (χ4v) is 2.85. The minimum atomic E-state index is 0.0492. The molecule has 0 saturated carbocycles. The number of furan rings is 2. The summed E-state index contributed by atoms with van der Waals surface area (Å²) in [6.07, 6.45) is 0.732. The molecule has 3 nitrogen and oxygen atoms in total. The van der Waals surface area contributed by atoms with Gasteiger partial charge in [0.2, 0.25) is 0 Å². The maximum atomic E-state index is 6.42. The van der Waals surface area contributed by atoms with Gasteiger partial charge in [-0.15, -0.1) is 0 Å². The Balaban J connectivity index is 2.47. The Bertz CT molecular complexity index is 710. The highest BCUT2D eigenvalue weighted by molar-refractivity contribution is 6.40. The second kappa shape index (κ2) is 4.29. The second-order valence-corrected chi connectivity index (χ2v) is 5.55. The zero-order chi connectivity index (χ0) is 13.7. The lowest BCUT2D eigenvalue weighted by atomic mass is 10.0. The SMILES string of the molecule is Cc1cc2c(CC(C)N)c3oc(C)cc3c(Cl)c2o1. The van der Waals surface area contributed by atoms with E-state index in [0.717, 1.165) is 45.4 Å². The van der Waals surface area contributed by atoms with Gasteiger partial charge >= 0.3 is 0 Å². The molecule has 0 aliphatic heterocycles. The molecule has 0 amide bonds. The molecule has 1 aromatic carbocycles. The lowest BCUT2D eigenvalue weighted by Crippen LogP contribution is -2.18. The van der Waals surface area contributed by atoms with Crippen LogP contribution in [0.25, 0.3) is 21.9 Å². The van der Waals surface area contributed by atoms with Gasteiger partial charge in [-0.05, 0) is 39.3 Å². The van der Waals surface area contributed by atoms with E-state index < -0.39 is 0 Å². The first-order valence-electron chi connectivity index (χ1n) is 6.33. The molecule has 0 aliphatic rings. The Morgan fingerprint density at radius 1 is 1.11 bits per heavy atom. The van der Waals surface area contributed by atoms with E-state index in [9.17, 15) is 0 Å². The average molecular weight is 278 g/mol. The lowest BCUT2D eigenvalue weighted by Gasteiger charge is -2.08. The summed E-state index contributed by atoms with van der Waals surface area (Å²) in [7, 11) is 0. The quantitative estimate of drug-likeness (QED) is 0.758. The van der Waals surface area contributed by atoms with Gasteiger partial charge in [0.25, 0.3) is 0 Å². The molecule has 0 aliphatic carbocycles. The van der Waals surface area contributed by atoms with Crippen LogP contribution in [0.5, 0.6) is 0 Å². The van der Waals surface area contributed by atoms with Crippen LogP contribution < -0.4 is 5.73 Å². The molecule has 3 rings (SSSR count). The molecule has 2 aromatic heterocycles. The molecule has 1 unspecified atom stereocenters. The molecule has 0 saturated heterocycles. The molecule has 0 spiro atoms. The first-order valence-corrected chi connectivity index (χ1v) is 6.71. The van der Waals surface area contributed by atoms with E-state index in [1.165, 1.54) is 0 Å². The van der Waals surface area contributed by atoms with Crippen molar-refractivity contribution < 1.29 is 8.83 Å². The number of fused-ring (bicyclic) bond motifs is 2. The minimum Gasteiger partial charge on any atom is -0.461 e. The zero-order valence-electron chi connectivity index (χ0n) is 11.2. The van der Waals surface area contributed by atoms with Gasteiger partial charge in [-0.1, -0.05) is 11.6 Å². The van der Waals surface area contributed by atoms with Crippen molar-refractivity contribution in [2.75, 3.05) is 0 Å². The normalized spacial score (nSPS) is 13.5. The van der Waals surface area contributed by atoms with Crippen LogP contribution in [0.3, 0.4) is 0 Å². The van der Waals surface area contributed by atoms with Crippen molar-refractivity contribution in [2.24, 2.45) is 5.73 Å². The summed E-state index contributed by atoms with van der Waals surface area (Å²) in [5.74, 6) is 1.68. The van der Waals surface area contributed by atoms with Crippen molar-refractivity contribution in [3.63, 3.8) is 0 Å². The standard InChI is InChI=1S/C15H16ClNO2/c1-7(17)4-10-11-5-8(2)19-15(11)13(16)12-6-9(3)18-14(10)12/h5-7H,4,17H2,1-3H3. The Labute approximate surface area is 116 Å². The van der Waals surface area contributed by atoms with E-state index in [1.54, 1.807) is 0 Å². The van der Waals surface area contributed by atoms with Crippen LogP contribution in [0.4, 0.5) is 0 Å². The largest absolute Gasteiger partial charge is 0.461 e. The van der Waals surface area contributed by atoms with Crippen molar-refractivity contribution in [3.05, 3.63) is 34.2 Å². The van der Waals surface area contributed by atoms with Crippen LogP contribution >= 0.6 is 11.6 Å². The molecule has 4 heteroatoms. The number of benzene rings is 1. The molecule has 1 atom stereocenters. The van der Waals surface area contributed by atoms with E-state index in [4.69, 9.17) is 26.2 Å². The number of nitrogens with two attached hydrogens (primary N) is 1. The van der Waals surface area contributed by atoms with Crippen LogP contribution in [0, 0.1) is 13.8 Å². The number of hydrogen-bond donors (Lipinski definition) is 1. The number of aryl methyl sites for hydroxylation is 2. The molecule has 0 radical (unpaired) electrons. The molecular weight excluding hydrogens is 262 g/mol. The summed E-state index contributed by atoms with van der Waals surface area (Å²) >= 11 is 6.42. The Kier molecular flexibility index (Phi) is 2.84. The molecule has 19 heavy (non-hydrogen) atoms. The summed E-state index contributed by atoms with van der Waals surface area (Å²) < 4.78 is 11.5. The number of halogens is 1. The first-order chi connectivity index (χ1) is 8.97. The highest BCUT2D eigenvalue weighted by atomic mass is 35.5. The first kappa shape index (κ1) is 12.6. The van der Waals surface area contributed by atoms with E-state index >= 15 is 0 Å². The van der Waals surface area contributed by atoms with Crippen molar-refractivity contribution in [3.8, 4) is 0 Å². The van der Waals surface area contributed by atoms with E-state index in [2.05, 4.69) is 0 Å². The van der Waals surface area contributed by atoms with Gasteiger partial charge in [-0.2, -0.15) is 0 Å². The van der Waals surface area contributed by atoms with Gasteiger partial charge in [0, 0.05) is 22.4 Å². The predicted octanol–water partition coefficient (Wildman–Crippen LogP) is 4.34. The van der Waals surface area contributed by atoms with Gasteiger partial charge in [0.05, 0.1) is 5.02 Å². The highest BCUT2D eigenvalue weighted by Gasteiger charge is 2.20. The average Bonchev–Trinajstić information content (AvgIpc) is 2.87. The van der Waals surface area contributed by atoms with E-state index in [1.807, 2.05) is 32.9 Å². The van der Waals surface area contributed by atoms with Gasteiger partial charge in [0.15, 0.2) is 5.58 Å². The van der Waals surface area contributed by atoms with Crippen molar-refractivity contribution >= 4 is 33.5 Å². The third kappa shape index (κ3) is 1.94. The fraction of sp³-hybridized carbons (Fsp3) is 0.333. The van der Waals surface area contributed by atoms with Crippen LogP contribution in [-0.2, 0) is 6.42 Å². The van der Waals surface area contributed by atoms with Crippen molar-refractivity contribution in [2.45, 2.75) is 33.2 Å². The van der Waals surface area contributed by atoms with Crippen molar-refractivity contribution in [1.82, 2.24) is 0 Å². The number of rotatable bonds is 2. The Morgan fingerprint density at radius 2 is 1.68 bits per heavy atom. The Hall–Kier alpha value is -1.45. The smallest absolute Gasteiger partial charge is 0.154 e. The number of hydrogen-bond acceptors (Lipinski definition) is 3. The summed E-state index contributed by atoms with van der Waals surface area (Å²) in [4.78, 5) is 0. The summed E-state index contributed by atoms with van der Waals surface area (Å²) in [6.45, 7) is 5.81. The molecule has 3 aromatic rings. The molecule has 0 bridgehead atoms. The molecule has 2 heterocycles. The van der Waals surface area contributed by atoms with Crippen LogP contribution in [0.1, 0.15) is 24.0 Å². The molecular formula is C15H16ClNO2. The molecule has 0 fully saturated rings.